The number of H-pyrrole nitrogens is 1. The van der Waals surface area contributed by atoms with Gasteiger partial charge in [0, 0.05) is 47.3 Å². The first-order chi connectivity index (χ1) is 18.2. The Kier molecular flexibility index (Phi) is 5.82. The van der Waals surface area contributed by atoms with Gasteiger partial charge in [-0.05, 0) is 29.3 Å². The third kappa shape index (κ3) is 4.52. The van der Waals surface area contributed by atoms with Crippen molar-refractivity contribution in [2.45, 2.75) is 19.6 Å². The minimum absolute atomic E-state index is 0.153. The summed E-state index contributed by atoms with van der Waals surface area (Å²) in [7, 11) is 0. The number of aromatic amines is 1. The van der Waals surface area contributed by atoms with E-state index in [0.717, 1.165) is 33.3 Å². The summed E-state index contributed by atoms with van der Waals surface area (Å²) in [6.07, 6.45) is 8.95. The minimum atomic E-state index is -0.283. The monoisotopic (exact) mass is 488 g/mol. The number of pyridine rings is 1. The number of benzene rings is 2. The van der Waals surface area contributed by atoms with Gasteiger partial charge >= 0.3 is 0 Å². The van der Waals surface area contributed by atoms with Crippen molar-refractivity contribution in [3.05, 3.63) is 119 Å². The lowest BCUT2D eigenvalue weighted by Crippen LogP contribution is -2.36. The van der Waals surface area contributed by atoms with Gasteiger partial charge in [0.2, 0.25) is 5.91 Å². The molecule has 1 aliphatic heterocycles. The smallest absolute Gasteiger partial charge is 0.278 e. The molecule has 1 aliphatic rings. The number of anilines is 1. The number of carbonyl (C=O) groups is 1. The highest BCUT2D eigenvalue weighted by molar-refractivity contribution is 5.80. The molecule has 0 saturated heterocycles. The van der Waals surface area contributed by atoms with E-state index in [9.17, 15) is 9.59 Å². The Morgan fingerprint density at radius 1 is 1.03 bits per heavy atom. The maximum atomic E-state index is 13.8. The summed E-state index contributed by atoms with van der Waals surface area (Å²) >= 11 is 0. The number of hydrogen-bond donors (Lipinski definition) is 2. The summed E-state index contributed by atoms with van der Waals surface area (Å²) < 4.78 is 1.45. The van der Waals surface area contributed by atoms with E-state index in [1.54, 1.807) is 18.6 Å². The van der Waals surface area contributed by atoms with Crippen molar-refractivity contribution in [3.63, 3.8) is 0 Å². The molecule has 5 aromatic rings. The lowest BCUT2D eigenvalue weighted by atomic mass is 10.0. The Balaban J connectivity index is 1.29. The Bertz CT molecular complexity index is 1650. The number of nitrogens with zero attached hydrogens (tertiary/aromatic N) is 4. The highest BCUT2D eigenvalue weighted by atomic mass is 16.2. The normalized spacial score (nSPS) is 12.5. The number of fused-ring (bicyclic) bond motifs is 2. The molecule has 2 aromatic carbocycles. The third-order valence-electron chi connectivity index (χ3n) is 6.45. The molecule has 8 nitrogen and oxygen atoms in total. The van der Waals surface area contributed by atoms with Crippen LogP contribution in [0.1, 0.15) is 16.8 Å². The van der Waals surface area contributed by atoms with Crippen LogP contribution in [0.15, 0.2) is 96.3 Å². The number of carbonyl (C=O) groups excluding carboxylic acids is 1. The average Bonchev–Trinajstić information content (AvgIpc) is 3.36. The zero-order valence-electron chi connectivity index (χ0n) is 20.0. The number of nitrogens with one attached hydrogen (secondary N) is 2. The molecule has 8 heteroatoms. The van der Waals surface area contributed by atoms with Crippen LogP contribution in [0.4, 0.5) is 5.69 Å². The molecule has 2 N–H and O–H groups in total. The van der Waals surface area contributed by atoms with Crippen LogP contribution in [0.25, 0.3) is 28.4 Å². The van der Waals surface area contributed by atoms with Crippen LogP contribution in [0, 0.1) is 0 Å². The third-order valence-corrected chi connectivity index (χ3v) is 6.45. The summed E-state index contributed by atoms with van der Waals surface area (Å²) in [6, 6.07) is 21.3. The molecule has 0 saturated carbocycles. The van der Waals surface area contributed by atoms with E-state index >= 15 is 0 Å². The van der Waals surface area contributed by atoms with E-state index in [0.29, 0.717) is 24.6 Å². The molecule has 1 amide bonds. The van der Waals surface area contributed by atoms with E-state index in [4.69, 9.17) is 0 Å². The largest absolute Gasteiger partial charge is 0.357 e. The standard InChI is InChI=1S/C29H24N6O2/c36-27(31-16-24-14-23-15-30-12-10-25(23)33-24)19-35-28(21-7-2-1-3-8-21)32-17-26(29(35)37)34-13-11-20-6-4-5-9-22(20)18-34/h1-15,17,33H,16,18-19H2,(H,31,36). The van der Waals surface area contributed by atoms with Gasteiger partial charge in [0.25, 0.3) is 5.56 Å². The molecule has 0 aliphatic carbocycles. The van der Waals surface area contributed by atoms with Gasteiger partial charge in [-0.3, -0.25) is 19.1 Å². The van der Waals surface area contributed by atoms with Crippen molar-refractivity contribution in [1.82, 2.24) is 24.8 Å². The van der Waals surface area contributed by atoms with Gasteiger partial charge in [0.15, 0.2) is 0 Å². The molecule has 0 fully saturated rings. The van der Waals surface area contributed by atoms with Crippen LogP contribution >= 0.6 is 0 Å². The molecule has 0 spiro atoms. The highest BCUT2D eigenvalue weighted by Gasteiger charge is 2.20. The topological polar surface area (TPSA) is 95.9 Å². The fourth-order valence-corrected chi connectivity index (χ4v) is 4.58. The zero-order chi connectivity index (χ0) is 25.2. The predicted octanol–water partition coefficient (Wildman–Crippen LogP) is 4.09. The molecule has 3 aromatic heterocycles. The summed E-state index contributed by atoms with van der Waals surface area (Å²) in [5, 5.41) is 3.90. The van der Waals surface area contributed by atoms with Crippen LogP contribution in [0.2, 0.25) is 0 Å². The van der Waals surface area contributed by atoms with Gasteiger partial charge in [-0.25, -0.2) is 4.98 Å². The average molecular weight is 489 g/mol. The lowest BCUT2D eigenvalue weighted by molar-refractivity contribution is -0.121. The fraction of sp³-hybridized carbons (Fsp3) is 0.103. The first-order valence-electron chi connectivity index (χ1n) is 12.0. The minimum Gasteiger partial charge on any atom is -0.357 e. The van der Waals surface area contributed by atoms with Gasteiger partial charge in [0.1, 0.15) is 18.1 Å². The molecule has 182 valence electrons. The second kappa shape index (κ2) is 9.58. The Labute approximate surface area is 212 Å². The van der Waals surface area contributed by atoms with Crippen molar-refractivity contribution in [2.75, 3.05) is 4.90 Å². The van der Waals surface area contributed by atoms with Crippen molar-refractivity contribution in [2.24, 2.45) is 0 Å². The second-order valence-corrected chi connectivity index (χ2v) is 8.90. The van der Waals surface area contributed by atoms with E-state index in [-0.39, 0.29) is 18.0 Å². The van der Waals surface area contributed by atoms with Crippen molar-refractivity contribution in [3.8, 4) is 11.4 Å². The summed E-state index contributed by atoms with van der Waals surface area (Å²) in [6.45, 7) is 0.706. The predicted molar refractivity (Wildman–Crippen MR) is 144 cm³/mol. The van der Waals surface area contributed by atoms with E-state index in [1.165, 1.54) is 4.57 Å². The van der Waals surface area contributed by atoms with Gasteiger partial charge in [-0.1, -0.05) is 54.6 Å². The number of rotatable bonds is 6. The van der Waals surface area contributed by atoms with E-state index < -0.39 is 0 Å². The molecule has 4 heterocycles. The Morgan fingerprint density at radius 3 is 2.73 bits per heavy atom. The highest BCUT2D eigenvalue weighted by Crippen LogP contribution is 2.24. The van der Waals surface area contributed by atoms with E-state index in [2.05, 4.69) is 20.3 Å². The quantitative estimate of drug-likeness (QED) is 0.375. The molecule has 6 rings (SSSR count). The van der Waals surface area contributed by atoms with Gasteiger partial charge < -0.3 is 15.2 Å². The van der Waals surface area contributed by atoms with Crippen LogP contribution in [0.5, 0.6) is 0 Å². The van der Waals surface area contributed by atoms with Crippen molar-refractivity contribution >= 4 is 28.6 Å². The van der Waals surface area contributed by atoms with Crippen LogP contribution in [-0.4, -0.2) is 25.4 Å². The molecule has 0 radical (unpaired) electrons. The zero-order valence-corrected chi connectivity index (χ0v) is 20.0. The van der Waals surface area contributed by atoms with Crippen LogP contribution in [-0.2, 0) is 24.4 Å². The van der Waals surface area contributed by atoms with Gasteiger partial charge in [-0.15, -0.1) is 0 Å². The Morgan fingerprint density at radius 2 is 1.86 bits per heavy atom. The van der Waals surface area contributed by atoms with E-state index in [1.807, 2.05) is 83.9 Å². The SMILES string of the molecule is O=C(Cn1c(-c2ccccc2)ncc(N2C=Cc3ccccc3C2)c1=O)NCc1cc2cnccc2[nH]1. The first-order valence-corrected chi connectivity index (χ1v) is 12.0. The molecule has 0 bridgehead atoms. The lowest BCUT2D eigenvalue weighted by Gasteiger charge is -2.25. The Hall–Kier alpha value is -4.98. The molecule has 0 unspecified atom stereocenters. The first kappa shape index (κ1) is 22.5. The second-order valence-electron chi connectivity index (χ2n) is 8.90. The molecular weight excluding hydrogens is 464 g/mol. The van der Waals surface area contributed by atoms with Gasteiger partial charge in [0.05, 0.1) is 12.7 Å². The summed E-state index contributed by atoms with van der Waals surface area (Å²) in [5.41, 5.74) is 4.97. The molecular formula is C29H24N6O2. The van der Waals surface area contributed by atoms with Crippen molar-refractivity contribution < 1.29 is 4.79 Å². The van der Waals surface area contributed by atoms with Crippen molar-refractivity contribution in [1.29, 1.82) is 0 Å². The fourth-order valence-electron chi connectivity index (χ4n) is 4.58. The maximum Gasteiger partial charge on any atom is 0.278 e. The number of amides is 1. The number of aromatic nitrogens is 4. The maximum absolute atomic E-state index is 13.8. The summed E-state index contributed by atoms with van der Waals surface area (Å²) in [5.74, 6) is 0.164. The van der Waals surface area contributed by atoms with Crippen LogP contribution in [0.3, 0.4) is 0 Å². The van der Waals surface area contributed by atoms with Gasteiger partial charge in [-0.2, -0.15) is 0 Å². The summed E-state index contributed by atoms with van der Waals surface area (Å²) in [4.78, 5) is 40.7. The number of hydrogen-bond acceptors (Lipinski definition) is 5. The molecule has 37 heavy (non-hydrogen) atoms. The van der Waals surface area contributed by atoms with Crippen LogP contribution < -0.4 is 15.8 Å². The molecule has 0 atom stereocenters.